The van der Waals surface area contributed by atoms with Crippen LogP contribution < -0.4 is 10.2 Å². The van der Waals surface area contributed by atoms with Gasteiger partial charge in [-0.15, -0.1) is 0 Å². The summed E-state index contributed by atoms with van der Waals surface area (Å²) >= 11 is 6.02. The number of nitrogens with one attached hydrogen (secondary N) is 1. The van der Waals surface area contributed by atoms with Crippen molar-refractivity contribution >= 4 is 23.2 Å². The van der Waals surface area contributed by atoms with E-state index in [4.69, 9.17) is 16.3 Å². The van der Waals surface area contributed by atoms with Gasteiger partial charge < -0.3 is 4.74 Å². The molecule has 0 aromatic heterocycles. The highest BCUT2D eigenvalue weighted by atomic mass is 35.5. The quantitative estimate of drug-likeness (QED) is 0.657. The van der Waals surface area contributed by atoms with Crippen LogP contribution in [0, 0.1) is 13.8 Å². The predicted molar refractivity (Wildman–Crippen MR) is 98.0 cm³/mol. The van der Waals surface area contributed by atoms with Crippen LogP contribution in [0.25, 0.3) is 0 Å². The van der Waals surface area contributed by atoms with Crippen molar-refractivity contribution in [3.63, 3.8) is 0 Å². The number of carbonyl (C=O) groups is 1. The lowest BCUT2D eigenvalue weighted by molar-refractivity contribution is -0.120. The number of nitrogens with zero attached hydrogens (tertiary/aromatic N) is 1. The molecule has 0 fully saturated rings. The molecule has 5 heteroatoms. The molecule has 0 saturated carbocycles. The zero-order valence-electron chi connectivity index (χ0n) is 14.3. The summed E-state index contributed by atoms with van der Waals surface area (Å²) in [5.41, 5.74) is 7.24. The summed E-state index contributed by atoms with van der Waals surface area (Å²) in [5.74, 6) is 0.492. The highest BCUT2D eigenvalue weighted by Crippen LogP contribution is 2.23. The minimum atomic E-state index is -0.165. The summed E-state index contributed by atoms with van der Waals surface area (Å²) in [5, 5.41) is 4.75. The van der Waals surface area contributed by atoms with Crippen molar-refractivity contribution in [3.05, 3.63) is 63.7 Å². The van der Waals surface area contributed by atoms with E-state index in [1.54, 1.807) is 32.2 Å². The molecule has 0 aliphatic heterocycles. The molecule has 2 rings (SSSR count). The van der Waals surface area contributed by atoms with Crippen molar-refractivity contribution < 1.29 is 9.53 Å². The fraction of sp³-hybridized carbons (Fsp3) is 0.263. The molecule has 0 saturated heterocycles. The number of hydrazone groups is 1. The minimum absolute atomic E-state index is 0.165. The number of hydrogen-bond donors (Lipinski definition) is 1. The number of amides is 1. The van der Waals surface area contributed by atoms with Crippen molar-refractivity contribution in [2.24, 2.45) is 5.10 Å². The standard InChI is InChI=1S/C19H21ClN2O2/c1-12-5-6-15(13(2)9-12)10-19(23)22-21-14(3)17-11-16(20)7-8-18(17)24-4/h5-9,11H,10H2,1-4H3,(H,22,23)/b21-14+. The Bertz CT molecular complexity index is 785. The highest BCUT2D eigenvalue weighted by Gasteiger charge is 2.09. The van der Waals surface area contributed by atoms with Crippen molar-refractivity contribution in [1.82, 2.24) is 5.43 Å². The molecule has 0 bridgehead atoms. The van der Waals surface area contributed by atoms with E-state index >= 15 is 0 Å². The third-order valence-electron chi connectivity index (χ3n) is 3.75. The van der Waals surface area contributed by atoms with E-state index in [2.05, 4.69) is 16.6 Å². The second-order valence-electron chi connectivity index (χ2n) is 5.68. The van der Waals surface area contributed by atoms with Gasteiger partial charge in [0.1, 0.15) is 5.75 Å². The molecule has 0 heterocycles. The number of ether oxygens (including phenoxy) is 1. The van der Waals surface area contributed by atoms with Gasteiger partial charge in [-0.2, -0.15) is 5.10 Å². The largest absolute Gasteiger partial charge is 0.496 e. The van der Waals surface area contributed by atoms with Gasteiger partial charge in [0, 0.05) is 10.6 Å². The van der Waals surface area contributed by atoms with E-state index in [-0.39, 0.29) is 12.3 Å². The molecule has 1 N–H and O–H groups in total. The van der Waals surface area contributed by atoms with Gasteiger partial charge in [-0.1, -0.05) is 35.4 Å². The molecule has 0 radical (unpaired) electrons. The van der Waals surface area contributed by atoms with Crippen LogP contribution in [0.5, 0.6) is 5.75 Å². The van der Waals surface area contributed by atoms with Crippen LogP contribution in [0.1, 0.15) is 29.2 Å². The lowest BCUT2D eigenvalue weighted by atomic mass is 10.0. The molecule has 24 heavy (non-hydrogen) atoms. The van der Waals surface area contributed by atoms with Gasteiger partial charge in [0.05, 0.1) is 19.2 Å². The maximum Gasteiger partial charge on any atom is 0.244 e. The molecule has 2 aromatic carbocycles. The number of halogens is 1. The Hall–Kier alpha value is -2.33. The Kier molecular flexibility index (Phi) is 5.99. The van der Waals surface area contributed by atoms with Gasteiger partial charge in [0.2, 0.25) is 5.91 Å². The van der Waals surface area contributed by atoms with Crippen LogP contribution in [0.4, 0.5) is 0 Å². The molecule has 0 aliphatic rings. The Morgan fingerprint density at radius 1 is 1.21 bits per heavy atom. The van der Waals surface area contributed by atoms with Gasteiger partial charge in [0.25, 0.3) is 0 Å². The minimum Gasteiger partial charge on any atom is -0.496 e. The van der Waals surface area contributed by atoms with E-state index in [0.717, 1.165) is 16.7 Å². The number of benzene rings is 2. The van der Waals surface area contributed by atoms with Crippen LogP contribution in [0.2, 0.25) is 5.02 Å². The van der Waals surface area contributed by atoms with Gasteiger partial charge >= 0.3 is 0 Å². The first-order valence-corrected chi connectivity index (χ1v) is 8.01. The zero-order chi connectivity index (χ0) is 17.7. The van der Waals surface area contributed by atoms with E-state index in [0.29, 0.717) is 16.5 Å². The van der Waals surface area contributed by atoms with Crippen LogP contribution in [-0.2, 0) is 11.2 Å². The van der Waals surface area contributed by atoms with E-state index < -0.39 is 0 Å². The van der Waals surface area contributed by atoms with Crippen molar-refractivity contribution in [2.45, 2.75) is 27.2 Å². The van der Waals surface area contributed by atoms with Gasteiger partial charge in [0.15, 0.2) is 0 Å². The predicted octanol–water partition coefficient (Wildman–Crippen LogP) is 4.05. The summed E-state index contributed by atoms with van der Waals surface area (Å²) in [6.07, 6.45) is 0.287. The SMILES string of the molecule is COc1ccc(Cl)cc1/C(C)=N/NC(=O)Cc1ccc(C)cc1C. The third-order valence-corrected chi connectivity index (χ3v) is 3.98. The fourth-order valence-electron chi connectivity index (χ4n) is 2.43. The number of rotatable bonds is 5. The highest BCUT2D eigenvalue weighted by molar-refractivity contribution is 6.31. The molecular weight excluding hydrogens is 324 g/mol. The maximum absolute atomic E-state index is 12.1. The van der Waals surface area contributed by atoms with Gasteiger partial charge in [-0.3, -0.25) is 4.79 Å². The first-order valence-electron chi connectivity index (χ1n) is 7.64. The summed E-state index contributed by atoms with van der Waals surface area (Å²) in [6, 6.07) is 11.3. The average molecular weight is 345 g/mol. The second kappa shape index (κ2) is 7.97. The average Bonchev–Trinajstić information content (AvgIpc) is 2.55. The molecule has 0 aliphatic carbocycles. The normalized spacial score (nSPS) is 11.3. The molecule has 0 spiro atoms. The Balaban J connectivity index is 2.09. The van der Waals surface area contributed by atoms with Crippen molar-refractivity contribution in [3.8, 4) is 5.75 Å². The van der Waals surface area contributed by atoms with Crippen molar-refractivity contribution in [1.29, 1.82) is 0 Å². The van der Waals surface area contributed by atoms with Crippen LogP contribution in [-0.4, -0.2) is 18.7 Å². The van der Waals surface area contributed by atoms with Crippen LogP contribution >= 0.6 is 11.6 Å². The van der Waals surface area contributed by atoms with E-state index in [1.807, 2.05) is 26.0 Å². The van der Waals surface area contributed by atoms with Gasteiger partial charge in [-0.05, 0) is 50.1 Å². The number of aryl methyl sites for hydroxylation is 2. The maximum atomic E-state index is 12.1. The molecule has 0 unspecified atom stereocenters. The topological polar surface area (TPSA) is 50.7 Å². The first-order chi connectivity index (χ1) is 11.4. The summed E-state index contributed by atoms with van der Waals surface area (Å²) in [4.78, 5) is 12.1. The molecular formula is C19H21ClN2O2. The molecule has 0 atom stereocenters. The molecule has 4 nitrogen and oxygen atoms in total. The summed E-state index contributed by atoms with van der Waals surface area (Å²) < 4.78 is 5.30. The molecule has 126 valence electrons. The summed E-state index contributed by atoms with van der Waals surface area (Å²) in [6.45, 7) is 5.83. The third kappa shape index (κ3) is 4.59. The monoisotopic (exact) mass is 344 g/mol. The lowest BCUT2D eigenvalue weighted by Gasteiger charge is -2.09. The number of methoxy groups -OCH3 is 1. The van der Waals surface area contributed by atoms with E-state index in [1.165, 1.54) is 5.56 Å². The number of carbonyl (C=O) groups excluding carboxylic acids is 1. The second-order valence-corrected chi connectivity index (χ2v) is 6.12. The smallest absolute Gasteiger partial charge is 0.244 e. The number of hydrogen-bond acceptors (Lipinski definition) is 3. The van der Waals surface area contributed by atoms with E-state index in [9.17, 15) is 4.79 Å². The summed E-state index contributed by atoms with van der Waals surface area (Å²) in [7, 11) is 1.58. The Morgan fingerprint density at radius 2 is 1.96 bits per heavy atom. The van der Waals surface area contributed by atoms with Crippen LogP contribution in [0.15, 0.2) is 41.5 Å². The van der Waals surface area contributed by atoms with Crippen LogP contribution in [0.3, 0.4) is 0 Å². The van der Waals surface area contributed by atoms with Crippen molar-refractivity contribution in [2.75, 3.05) is 7.11 Å². The first kappa shape index (κ1) is 18.0. The zero-order valence-corrected chi connectivity index (χ0v) is 15.1. The lowest BCUT2D eigenvalue weighted by Crippen LogP contribution is -2.21. The Morgan fingerprint density at radius 3 is 2.62 bits per heavy atom. The Labute approximate surface area is 147 Å². The molecule has 2 aromatic rings. The fourth-order valence-corrected chi connectivity index (χ4v) is 2.60. The van der Waals surface area contributed by atoms with Gasteiger partial charge in [-0.25, -0.2) is 5.43 Å². The molecule has 1 amide bonds.